The maximum atomic E-state index is 12.9. The Morgan fingerprint density at radius 1 is 1.19 bits per heavy atom. The summed E-state index contributed by atoms with van der Waals surface area (Å²) in [4.78, 5) is 31.3. The van der Waals surface area contributed by atoms with Crippen LogP contribution in [0.25, 0.3) is 0 Å². The molecule has 1 saturated heterocycles. The van der Waals surface area contributed by atoms with Crippen molar-refractivity contribution in [2.75, 3.05) is 49.5 Å². The zero-order valence-electron chi connectivity index (χ0n) is 19.3. The number of carbonyl (C=O) groups is 2. The lowest BCUT2D eigenvalue weighted by molar-refractivity contribution is -0.117. The van der Waals surface area contributed by atoms with E-state index in [1.54, 1.807) is 11.3 Å². The molecule has 1 aliphatic carbocycles. The molecule has 1 aromatic carbocycles. The van der Waals surface area contributed by atoms with Crippen molar-refractivity contribution in [1.29, 1.82) is 0 Å². The van der Waals surface area contributed by atoms with Crippen molar-refractivity contribution in [2.45, 2.75) is 40.0 Å². The summed E-state index contributed by atoms with van der Waals surface area (Å²) in [6.45, 7) is 10.3. The largest absolute Gasteiger partial charge is 0.462 e. The van der Waals surface area contributed by atoms with E-state index in [0.717, 1.165) is 51.0 Å². The normalized spacial score (nSPS) is 18.8. The minimum atomic E-state index is -0.318. The number of anilines is 2. The van der Waals surface area contributed by atoms with Crippen LogP contribution in [0.1, 0.15) is 46.6 Å². The Hall–Kier alpha value is -2.38. The first-order valence-electron chi connectivity index (χ1n) is 11.6. The van der Waals surface area contributed by atoms with E-state index in [1.165, 1.54) is 16.1 Å². The monoisotopic (exact) mass is 455 g/mol. The molecule has 7 heteroatoms. The van der Waals surface area contributed by atoms with E-state index in [2.05, 4.69) is 53.2 Å². The predicted molar refractivity (Wildman–Crippen MR) is 130 cm³/mol. The number of amides is 1. The Labute approximate surface area is 194 Å². The van der Waals surface area contributed by atoms with Gasteiger partial charge in [0.05, 0.1) is 18.7 Å². The number of ether oxygens (including phenoxy) is 1. The summed E-state index contributed by atoms with van der Waals surface area (Å²) in [5, 5.41) is 3.70. The second-order valence-corrected chi connectivity index (χ2v) is 9.98. The van der Waals surface area contributed by atoms with Gasteiger partial charge in [-0.25, -0.2) is 4.79 Å². The van der Waals surface area contributed by atoms with Crippen molar-refractivity contribution in [3.05, 3.63) is 45.8 Å². The van der Waals surface area contributed by atoms with Gasteiger partial charge in [0.2, 0.25) is 5.91 Å². The van der Waals surface area contributed by atoms with E-state index in [1.807, 2.05) is 6.92 Å². The molecular formula is C25H33N3O3S. The molecule has 1 amide bonds. The van der Waals surface area contributed by atoms with Crippen LogP contribution in [-0.2, 0) is 22.4 Å². The van der Waals surface area contributed by atoms with E-state index >= 15 is 0 Å². The van der Waals surface area contributed by atoms with Gasteiger partial charge in [-0.15, -0.1) is 11.3 Å². The summed E-state index contributed by atoms with van der Waals surface area (Å²) in [5.74, 6) is 0.220. The molecule has 1 atom stereocenters. The molecule has 1 aliphatic heterocycles. The summed E-state index contributed by atoms with van der Waals surface area (Å²) in [6.07, 6.45) is 2.90. The summed E-state index contributed by atoms with van der Waals surface area (Å²) >= 11 is 1.55. The number of hydrogen-bond acceptors (Lipinski definition) is 6. The first-order chi connectivity index (χ1) is 15.5. The van der Waals surface area contributed by atoms with E-state index in [9.17, 15) is 9.59 Å². The molecular weight excluding hydrogens is 422 g/mol. The average molecular weight is 456 g/mol. The Bertz CT molecular complexity index is 979. The van der Waals surface area contributed by atoms with Crippen molar-refractivity contribution < 1.29 is 14.3 Å². The Morgan fingerprint density at radius 3 is 2.66 bits per heavy atom. The van der Waals surface area contributed by atoms with Crippen molar-refractivity contribution >= 4 is 33.9 Å². The SMILES string of the molecule is CCOC(=O)c1c(NC(=O)CN2CCN(c3ccccc3C)CC2)sc2c1CCC(C)C2. The number of benzene rings is 1. The summed E-state index contributed by atoms with van der Waals surface area (Å²) < 4.78 is 5.32. The van der Waals surface area contributed by atoms with E-state index in [0.29, 0.717) is 29.6 Å². The number of hydrogen-bond donors (Lipinski definition) is 1. The Kier molecular flexibility index (Phi) is 7.16. The average Bonchev–Trinajstić information content (AvgIpc) is 3.11. The topological polar surface area (TPSA) is 61.9 Å². The first kappa shape index (κ1) is 22.8. The molecule has 32 heavy (non-hydrogen) atoms. The van der Waals surface area contributed by atoms with Crippen molar-refractivity contribution in [2.24, 2.45) is 5.92 Å². The van der Waals surface area contributed by atoms with Crippen molar-refractivity contribution in [3.63, 3.8) is 0 Å². The quantitative estimate of drug-likeness (QED) is 0.664. The molecule has 0 radical (unpaired) electrons. The van der Waals surface area contributed by atoms with Crippen LogP contribution in [-0.4, -0.2) is 56.1 Å². The lowest BCUT2D eigenvalue weighted by atomic mass is 9.88. The van der Waals surface area contributed by atoms with Crippen LogP contribution in [0.3, 0.4) is 0 Å². The van der Waals surface area contributed by atoms with Gasteiger partial charge in [0.1, 0.15) is 5.00 Å². The second-order valence-electron chi connectivity index (χ2n) is 8.87. The third-order valence-electron chi connectivity index (χ3n) is 6.44. The van der Waals surface area contributed by atoms with Crippen molar-refractivity contribution in [3.8, 4) is 0 Å². The molecule has 2 heterocycles. The van der Waals surface area contributed by atoms with Gasteiger partial charge in [0, 0.05) is 36.7 Å². The van der Waals surface area contributed by atoms with Crippen LogP contribution in [0.15, 0.2) is 24.3 Å². The maximum Gasteiger partial charge on any atom is 0.341 e. The Balaban J connectivity index is 1.39. The minimum Gasteiger partial charge on any atom is -0.462 e. The fourth-order valence-corrected chi connectivity index (χ4v) is 6.11. The molecule has 0 saturated carbocycles. The third-order valence-corrected chi connectivity index (χ3v) is 7.61. The van der Waals surface area contributed by atoms with Gasteiger partial charge >= 0.3 is 5.97 Å². The number of piperazine rings is 1. The highest BCUT2D eigenvalue weighted by molar-refractivity contribution is 7.17. The molecule has 2 aliphatic rings. The van der Waals surface area contributed by atoms with Gasteiger partial charge < -0.3 is 15.0 Å². The second kappa shape index (κ2) is 10.0. The van der Waals surface area contributed by atoms with Crippen LogP contribution < -0.4 is 10.2 Å². The molecule has 1 fully saturated rings. The zero-order valence-corrected chi connectivity index (χ0v) is 20.1. The number of para-hydroxylation sites is 1. The molecule has 172 valence electrons. The van der Waals surface area contributed by atoms with Gasteiger partial charge in [-0.1, -0.05) is 25.1 Å². The number of rotatable bonds is 6. The minimum absolute atomic E-state index is 0.0634. The standard InChI is InChI=1S/C25H33N3O3S/c1-4-31-25(30)23-19-10-9-17(2)15-21(19)32-24(23)26-22(29)16-27-11-13-28(14-12-27)20-8-6-5-7-18(20)3/h5-8,17H,4,9-16H2,1-3H3,(H,26,29). The van der Waals surface area contributed by atoms with Gasteiger partial charge in [0.25, 0.3) is 0 Å². The van der Waals surface area contributed by atoms with E-state index in [-0.39, 0.29) is 11.9 Å². The molecule has 1 aromatic heterocycles. The highest BCUT2D eigenvalue weighted by Crippen LogP contribution is 2.40. The van der Waals surface area contributed by atoms with Gasteiger partial charge in [-0.05, 0) is 56.2 Å². The van der Waals surface area contributed by atoms with Gasteiger partial charge in [-0.2, -0.15) is 0 Å². The van der Waals surface area contributed by atoms with E-state index < -0.39 is 0 Å². The highest BCUT2D eigenvalue weighted by atomic mass is 32.1. The van der Waals surface area contributed by atoms with Crippen LogP contribution in [0.5, 0.6) is 0 Å². The molecule has 0 spiro atoms. The predicted octanol–water partition coefficient (Wildman–Crippen LogP) is 4.12. The number of carbonyl (C=O) groups excluding carboxylic acids is 2. The van der Waals surface area contributed by atoms with Gasteiger partial charge in [-0.3, -0.25) is 9.69 Å². The molecule has 1 unspecified atom stereocenters. The van der Waals surface area contributed by atoms with Crippen molar-refractivity contribution in [1.82, 2.24) is 4.90 Å². The van der Waals surface area contributed by atoms with Crippen LogP contribution in [0.2, 0.25) is 0 Å². The third kappa shape index (κ3) is 4.99. The number of nitrogens with one attached hydrogen (secondary N) is 1. The smallest absolute Gasteiger partial charge is 0.341 e. The van der Waals surface area contributed by atoms with Crippen LogP contribution in [0, 0.1) is 12.8 Å². The molecule has 4 rings (SSSR count). The lowest BCUT2D eigenvalue weighted by Crippen LogP contribution is -2.48. The molecule has 0 bridgehead atoms. The summed E-state index contributed by atoms with van der Waals surface area (Å²) in [5.41, 5.74) is 4.21. The summed E-state index contributed by atoms with van der Waals surface area (Å²) in [6, 6.07) is 8.43. The van der Waals surface area contributed by atoms with E-state index in [4.69, 9.17) is 4.74 Å². The molecule has 2 aromatic rings. The Morgan fingerprint density at radius 2 is 1.94 bits per heavy atom. The number of aryl methyl sites for hydroxylation is 1. The number of thiophene rings is 1. The number of nitrogens with zero attached hydrogens (tertiary/aromatic N) is 2. The first-order valence-corrected chi connectivity index (χ1v) is 12.4. The fourth-order valence-electron chi connectivity index (χ4n) is 4.69. The summed E-state index contributed by atoms with van der Waals surface area (Å²) in [7, 11) is 0. The van der Waals surface area contributed by atoms with Crippen LogP contribution >= 0.6 is 11.3 Å². The highest BCUT2D eigenvalue weighted by Gasteiger charge is 2.29. The number of fused-ring (bicyclic) bond motifs is 1. The van der Waals surface area contributed by atoms with Gasteiger partial charge in [0.15, 0.2) is 0 Å². The fraction of sp³-hybridized carbons (Fsp3) is 0.520. The van der Waals surface area contributed by atoms with Crippen LogP contribution in [0.4, 0.5) is 10.7 Å². The zero-order chi connectivity index (χ0) is 22.7. The number of esters is 1. The molecule has 6 nitrogen and oxygen atoms in total. The molecule has 1 N–H and O–H groups in total. The lowest BCUT2D eigenvalue weighted by Gasteiger charge is -2.36. The maximum absolute atomic E-state index is 12.9.